The molecule has 3 nitrogen and oxygen atoms in total. The second-order valence-corrected chi connectivity index (χ2v) is 10.2. The average Bonchev–Trinajstić information content (AvgIpc) is 3.04. The third-order valence-corrected chi connectivity index (χ3v) is 8.66. The molecule has 3 heteroatoms. The van der Waals surface area contributed by atoms with Crippen LogP contribution in [0.4, 0.5) is 0 Å². The van der Waals surface area contributed by atoms with Crippen molar-refractivity contribution in [3.8, 4) is 0 Å². The van der Waals surface area contributed by atoms with Crippen molar-refractivity contribution in [3.63, 3.8) is 0 Å². The first kappa shape index (κ1) is 19.1. The van der Waals surface area contributed by atoms with Gasteiger partial charge in [-0.05, 0) is 92.6 Å². The van der Waals surface area contributed by atoms with E-state index < -0.39 is 0 Å². The molecule has 1 aromatic carbocycles. The predicted molar refractivity (Wildman–Crippen MR) is 110 cm³/mol. The fraction of sp³-hybridized carbons (Fsp3) is 0.760. The Kier molecular flexibility index (Phi) is 5.05. The number of hydrogen-bond donors (Lipinski definition) is 1. The molecule has 0 amide bonds. The lowest BCUT2D eigenvalue weighted by Gasteiger charge is -2.52. The molecule has 0 radical (unpaired) electrons. The van der Waals surface area contributed by atoms with Crippen molar-refractivity contribution < 1.29 is 14.6 Å². The fourth-order valence-electron chi connectivity index (χ4n) is 7.19. The number of aliphatic hydroxyl groups excluding tert-OH is 1. The lowest BCUT2D eigenvalue weighted by Crippen LogP contribution is -2.46. The third-order valence-electron chi connectivity index (χ3n) is 8.66. The summed E-state index contributed by atoms with van der Waals surface area (Å²) in [4.78, 5) is 0. The van der Waals surface area contributed by atoms with Crippen LogP contribution in [0.5, 0.6) is 0 Å². The number of fused-ring (bicyclic) bond motifs is 5. The van der Waals surface area contributed by atoms with Gasteiger partial charge in [0.05, 0.1) is 6.10 Å². The van der Waals surface area contributed by atoms with Gasteiger partial charge >= 0.3 is 0 Å². The van der Waals surface area contributed by atoms with E-state index in [2.05, 4.69) is 32.0 Å². The smallest absolute Gasteiger partial charge is 0.157 e. The van der Waals surface area contributed by atoms with Gasteiger partial charge in [-0.1, -0.05) is 30.7 Å². The van der Waals surface area contributed by atoms with Crippen molar-refractivity contribution >= 4 is 0 Å². The summed E-state index contributed by atoms with van der Waals surface area (Å²) in [7, 11) is 0. The monoisotopic (exact) mass is 384 g/mol. The van der Waals surface area contributed by atoms with E-state index >= 15 is 0 Å². The van der Waals surface area contributed by atoms with Crippen LogP contribution in [0.1, 0.15) is 86.8 Å². The highest BCUT2D eigenvalue weighted by atomic mass is 16.7. The Morgan fingerprint density at radius 3 is 2.82 bits per heavy atom. The van der Waals surface area contributed by atoms with Crippen LogP contribution in [0.2, 0.25) is 0 Å². The maximum atomic E-state index is 10.2. The molecule has 154 valence electrons. The molecule has 2 saturated carbocycles. The van der Waals surface area contributed by atoms with Crippen molar-refractivity contribution in [1.82, 2.24) is 0 Å². The van der Waals surface area contributed by atoms with E-state index in [9.17, 15) is 5.11 Å². The quantitative estimate of drug-likeness (QED) is 0.769. The number of rotatable bonds is 3. The number of aryl methyl sites for hydroxylation is 1. The maximum absolute atomic E-state index is 10.2. The summed E-state index contributed by atoms with van der Waals surface area (Å²) < 4.78 is 12.5. The molecule has 0 bridgehead atoms. The molecule has 1 aromatic rings. The van der Waals surface area contributed by atoms with Crippen molar-refractivity contribution in [2.45, 2.75) is 89.4 Å². The van der Waals surface area contributed by atoms with Gasteiger partial charge in [-0.25, -0.2) is 0 Å². The van der Waals surface area contributed by atoms with Crippen LogP contribution < -0.4 is 0 Å². The summed E-state index contributed by atoms with van der Waals surface area (Å²) in [5.74, 6) is 2.37. The molecule has 3 fully saturated rings. The molecule has 0 aromatic heterocycles. The minimum Gasteiger partial charge on any atom is -0.396 e. The standard InChI is InChI=1S/C25H36O3/c1-16-6-7-18-19-10-11-25(2)22(21(19)14-17(15-26)20(18)13-16)8-9-23(25)28-24-5-3-4-12-27-24/h6-7,13,17,19,21-24,26H,3-5,8-12,14-15H2,1-2H3/t17-,19?,21?,22?,23+,24?,25+/m1/s1. The molecule has 5 rings (SSSR count). The van der Waals surface area contributed by atoms with Crippen molar-refractivity contribution in [2.75, 3.05) is 13.2 Å². The molecule has 3 aliphatic carbocycles. The molecule has 1 aliphatic heterocycles. The van der Waals surface area contributed by atoms with E-state index in [1.807, 2.05) is 0 Å². The van der Waals surface area contributed by atoms with Crippen LogP contribution >= 0.6 is 0 Å². The highest BCUT2D eigenvalue weighted by Crippen LogP contribution is 2.63. The van der Waals surface area contributed by atoms with E-state index in [1.54, 1.807) is 0 Å². The predicted octanol–water partition coefficient (Wildman–Crippen LogP) is 5.30. The van der Waals surface area contributed by atoms with Crippen molar-refractivity contribution in [1.29, 1.82) is 0 Å². The van der Waals surface area contributed by atoms with Crippen LogP contribution in [0.3, 0.4) is 0 Å². The van der Waals surface area contributed by atoms with Crippen LogP contribution in [-0.2, 0) is 9.47 Å². The molecule has 4 unspecified atom stereocenters. The lowest BCUT2D eigenvalue weighted by molar-refractivity contribution is -0.213. The minimum atomic E-state index is 0.0206. The molecular weight excluding hydrogens is 348 g/mol. The second kappa shape index (κ2) is 7.41. The van der Waals surface area contributed by atoms with Gasteiger partial charge in [0.2, 0.25) is 0 Å². The summed E-state index contributed by atoms with van der Waals surface area (Å²) in [5, 5.41) is 10.2. The van der Waals surface area contributed by atoms with Gasteiger partial charge in [0.1, 0.15) is 0 Å². The summed E-state index contributed by atoms with van der Waals surface area (Å²) >= 11 is 0. The fourth-order valence-corrected chi connectivity index (χ4v) is 7.19. The third kappa shape index (κ3) is 3.05. The Bertz CT molecular complexity index is 710. The van der Waals surface area contributed by atoms with Gasteiger partial charge in [-0.2, -0.15) is 0 Å². The summed E-state index contributed by atoms with van der Waals surface area (Å²) in [6, 6.07) is 6.97. The molecule has 1 heterocycles. The van der Waals surface area contributed by atoms with Crippen LogP contribution in [0, 0.1) is 24.2 Å². The molecular formula is C25H36O3. The molecule has 1 N–H and O–H groups in total. The summed E-state index contributed by atoms with van der Waals surface area (Å²) in [5.41, 5.74) is 4.54. The van der Waals surface area contributed by atoms with E-state index in [0.717, 1.165) is 19.4 Å². The molecule has 28 heavy (non-hydrogen) atoms. The highest BCUT2D eigenvalue weighted by Gasteiger charge is 2.56. The number of aliphatic hydroxyl groups is 1. The van der Waals surface area contributed by atoms with Gasteiger partial charge in [0.15, 0.2) is 6.29 Å². The minimum absolute atomic E-state index is 0.0206. The molecule has 7 atom stereocenters. The zero-order chi connectivity index (χ0) is 19.3. The van der Waals surface area contributed by atoms with E-state index in [0.29, 0.717) is 29.8 Å². The second-order valence-electron chi connectivity index (χ2n) is 10.2. The first-order valence-electron chi connectivity index (χ1n) is 11.6. The van der Waals surface area contributed by atoms with Crippen LogP contribution in [-0.4, -0.2) is 30.7 Å². The van der Waals surface area contributed by atoms with Gasteiger partial charge in [0, 0.05) is 19.1 Å². The van der Waals surface area contributed by atoms with Gasteiger partial charge < -0.3 is 14.6 Å². The maximum Gasteiger partial charge on any atom is 0.157 e. The summed E-state index contributed by atoms with van der Waals surface area (Å²) in [6.07, 6.45) is 9.94. The first-order chi connectivity index (χ1) is 13.6. The zero-order valence-corrected chi connectivity index (χ0v) is 17.5. The Morgan fingerprint density at radius 1 is 1.14 bits per heavy atom. The van der Waals surface area contributed by atoms with Crippen LogP contribution in [0.25, 0.3) is 0 Å². The topological polar surface area (TPSA) is 38.7 Å². The molecule has 0 spiro atoms. The normalized spacial score (nSPS) is 42.5. The average molecular weight is 385 g/mol. The molecule has 1 saturated heterocycles. The largest absolute Gasteiger partial charge is 0.396 e. The van der Waals surface area contributed by atoms with E-state index in [4.69, 9.17) is 9.47 Å². The Morgan fingerprint density at radius 2 is 2.04 bits per heavy atom. The Hall–Kier alpha value is -0.900. The molecule has 4 aliphatic rings. The Balaban J connectivity index is 1.40. The van der Waals surface area contributed by atoms with Crippen LogP contribution in [0.15, 0.2) is 18.2 Å². The number of ether oxygens (including phenoxy) is 2. The van der Waals surface area contributed by atoms with E-state index in [-0.39, 0.29) is 18.3 Å². The van der Waals surface area contributed by atoms with Crippen molar-refractivity contribution in [3.05, 3.63) is 34.9 Å². The van der Waals surface area contributed by atoms with E-state index in [1.165, 1.54) is 55.2 Å². The number of hydrogen-bond acceptors (Lipinski definition) is 3. The van der Waals surface area contributed by atoms with Gasteiger partial charge in [-0.15, -0.1) is 0 Å². The Labute approximate surface area is 169 Å². The lowest BCUT2D eigenvalue weighted by atomic mass is 9.54. The van der Waals surface area contributed by atoms with Crippen molar-refractivity contribution in [2.24, 2.45) is 17.3 Å². The first-order valence-corrected chi connectivity index (χ1v) is 11.6. The number of benzene rings is 1. The van der Waals surface area contributed by atoms with Gasteiger partial charge in [-0.3, -0.25) is 0 Å². The summed E-state index contributed by atoms with van der Waals surface area (Å²) in [6.45, 7) is 5.80. The highest BCUT2D eigenvalue weighted by molar-refractivity contribution is 5.40. The van der Waals surface area contributed by atoms with Gasteiger partial charge in [0.25, 0.3) is 0 Å². The SMILES string of the molecule is Cc1ccc2c(c1)[C@@H](CO)CC1C2CC[C@@]2(C)C1CC[C@@H]2OC1CCCCO1. The zero-order valence-electron chi connectivity index (χ0n) is 17.5.